The average Bonchev–Trinajstić information content (AvgIpc) is 2.66. The number of hydrogen-bond donors (Lipinski definition) is 1. The topological polar surface area (TPSA) is 110 Å². The van der Waals surface area contributed by atoms with E-state index in [2.05, 4.69) is 0 Å². The number of aliphatic hydroxyl groups is 1. The molecule has 1 N–H and O–H groups in total. The van der Waals surface area contributed by atoms with Crippen LogP contribution in [0, 0.1) is 10.1 Å². The van der Waals surface area contributed by atoms with Gasteiger partial charge < -0.3 is 14.7 Å². The molecule has 0 saturated heterocycles. The lowest BCUT2D eigenvalue weighted by Gasteiger charge is -2.22. The van der Waals surface area contributed by atoms with Crippen molar-refractivity contribution in [1.82, 2.24) is 4.90 Å². The van der Waals surface area contributed by atoms with Gasteiger partial charge in [-0.25, -0.2) is 0 Å². The number of rotatable bonds is 9. The molecule has 1 amide bonds. The second-order valence-electron chi connectivity index (χ2n) is 5.38. The first kappa shape index (κ1) is 19.1. The van der Waals surface area contributed by atoms with Gasteiger partial charge in [0.15, 0.2) is 12.9 Å². The van der Waals surface area contributed by atoms with Crippen molar-refractivity contribution in [2.75, 3.05) is 19.8 Å². The predicted octanol–water partition coefficient (Wildman–Crippen LogP) is 1.81. The molecule has 2 rings (SSSR count). The number of nitro groups is 1. The van der Waals surface area contributed by atoms with Crippen LogP contribution in [0.3, 0.4) is 0 Å². The molecule has 8 heteroatoms. The van der Waals surface area contributed by atoms with Crippen LogP contribution < -0.4 is 4.74 Å². The van der Waals surface area contributed by atoms with E-state index in [1.54, 1.807) is 0 Å². The molecule has 8 nitrogen and oxygen atoms in total. The van der Waals surface area contributed by atoms with E-state index in [4.69, 9.17) is 4.74 Å². The minimum Gasteiger partial charge on any atom is -0.483 e. The summed E-state index contributed by atoms with van der Waals surface area (Å²) in [6.45, 7) is -0.213. The Labute approximate surface area is 149 Å². The molecule has 26 heavy (non-hydrogen) atoms. The van der Waals surface area contributed by atoms with Crippen molar-refractivity contribution < 1.29 is 24.4 Å². The summed E-state index contributed by atoms with van der Waals surface area (Å²) in [7, 11) is 0. The number of benzene rings is 2. The molecule has 2 aromatic carbocycles. The van der Waals surface area contributed by atoms with Crippen molar-refractivity contribution >= 4 is 17.9 Å². The Kier molecular flexibility index (Phi) is 6.81. The highest BCUT2D eigenvalue weighted by molar-refractivity contribution is 5.86. The highest BCUT2D eigenvalue weighted by Gasteiger charge is 2.20. The third kappa shape index (κ3) is 4.87. The lowest BCUT2D eigenvalue weighted by Crippen LogP contribution is -2.36. The fourth-order valence-electron chi connectivity index (χ4n) is 2.38. The standard InChI is InChI=1S/C18H18N2O6/c21-10-9-19(11-14-5-2-1-3-6-14)18(23)13-26-17-8-4-7-16(20(24)25)15(17)12-22/h1-8,12,21H,9-11,13H2. The largest absolute Gasteiger partial charge is 0.483 e. The lowest BCUT2D eigenvalue weighted by molar-refractivity contribution is -0.385. The first-order valence-corrected chi connectivity index (χ1v) is 7.84. The number of carbonyl (C=O) groups is 2. The Bertz CT molecular complexity index is 779. The van der Waals surface area contributed by atoms with Gasteiger partial charge in [-0.1, -0.05) is 36.4 Å². The Morgan fingerprint density at radius 2 is 1.92 bits per heavy atom. The van der Waals surface area contributed by atoms with Crippen molar-refractivity contribution in [3.8, 4) is 5.75 Å². The van der Waals surface area contributed by atoms with E-state index < -0.39 is 17.4 Å². The van der Waals surface area contributed by atoms with Crippen molar-refractivity contribution in [2.45, 2.75) is 6.54 Å². The lowest BCUT2D eigenvalue weighted by atomic mass is 10.2. The minimum absolute atomic E-state index is 0.0359. The third-order valence-corrected chi connectivity index (χ3v) is 3.65. The van der Waals surface area contributed by atoms with E-state index in [0.29, 0.717) is 12.8 Å². The van der Waals surface area contributed by atoms with Crippen LogP contribution in [0.5, 0.6) is 5.75 Å². The van der Waals surface area contributed by atoms with Crippen molar-refractivity contribution in [3.05, 3.63) is 69.8 Å². The highest BCUT2D eigenvalue weighted by Crippen LogP contribution is 2.26. The number of aliphatic hydroxyl groups excluding tert-OH is 1. The molecule has 136 valence electrons. The third-order valence-electron chi connectivity index (χ3n) is 3.65. The highest BCUT2D eigenvalue weighted by atomic mass is 16.6. The van der Waals surface area contributed by atoms with Crippen LogP contribution >= 0.6 is 0 Å². The Balaban J connectivity index is 2.09. The molecule has 0 aliphatic rings. The number of aldehydes is 1. The zero-order valence-electron chi connectivity index (χ0n) is 13.9. The summed E-state index contributed by atoms with van der Waals surface area (Å²) in [6, 6.07) is 13.2. The van der Waals surface area contributed by atoms with Gasteiger partial charge in [0.2, 0.25) is 0 Å². The molecular formula is C18H18N2O6. The molecular weight excluding hydrogens is 340 g/mol. The molecule has 0 aliphatic heterocycles. The normalized spacial score (nSPS) is 10.2. The SMILES string of the molecule is O=Cc1c(OCC(=O)N(CCO)Cc2ccccc2)cccc1[N+](=O)[O-]. The summed E-state index contributed by atoms with van der Waals surface area (Å²) in [5, 5.41) is 20.1. The minimum atomic E-state index is -0.689. The molecule has 0 unspecified atom stereocenters. The molecule has 0 aliphatic carbocycles. The second kappa shape index (κ2) is 9.28. The number of amides is 1. The number of ether oxygens (including phenoxy) is 1. The van der Waals surface area contributed by atoms with E-state index in [0.717, 1.165) is 5.56 Å². The van der Waals surface area contributed by atoms with E-state index in [9.17, 15) is 24.8 Å². The molecule has 0 aromatic heterocycles. The van der Waals surface area contributed by atoms with Gasteiger partial charge in [-0.2, -0.15) is 0 Å². The fourth-order valence-corrected chi connectivity index (χ4v) is 2.38. The monoisotopic (exact) mass is 358 g/mol. The van der Waals surface area contributed by atoms with Gasteiger partial charge >= 0.3 is 0 Å². The van der Waals surface area contributed by atoms with E-state index in [1.165, 1.54) is 23.1 Å². The van der Waals surface area contributed by atoms with Crippen LogP contribution in [0.15, 0.2) is 48.5 Å². The quantitative estimate of drug-likeness (QED) is 0.416. The molecule has 0 spiro atoms. The molecule has 0 saturated carbocycles. The number of hydrogen-bond acceptors (Lipinski definition) is 6. The Hall–Kier alpha value is -3.26. The maximum absolute atomic E-state index is 12.4. The van der Waals surface area contributed by atoms with Gasteiger partial charge in [-0.15, -0.1) is 0 Å². The van der Waals surface area contributed by atoms with Crippen LogP contribution in [-0.4, -0.2) is 46.9 Å². The van der Waals surface area contributed by atoms with Crippen LogP contribution in [0.4, 0.5) is 5.69 Å². The molecule has 0 radical (unpaired) electrons. The first-order valence-electron chi connectivity index (χ1n) is 7.84. The summed E-state index contributed by atoms with van der Waals surface area (Å²) < 4.78 is 5.34. The Morgan fingerprint density at radius 3 is 2.54 bits per heavy atom. The molecule has 0 bridgehead atoms. The van der Waals surface area contributed by atoms with E-state index in [1.807, 2.05) is 30.3 Å². The molecule has 0 heterocycles. The van der Waals surface area contributed by atoms with Crippen LogP contribution in [-0.2, 0) is 11.3 Å². The maximum Gasteiger partial charge on any atom is 0.283 e. The van der Waals surface area contributed by atoms with Gasteiger partial charge in [0.25, 0.3) is 11.6 Å². The summed E-state index contributed by atoms with van der Waals surface area (Å²) in [5.74, 6) is -0.447. The zero-order chi connectivity index (χ0) is 18.9. The zero-order valence-corrected chi connectivity index (χ0v) is 13.9. The van der Waals surface area contributed by atoms with Crippen LogP contribution in [0.2, 0.25) is 0 Å². The number of carbonyl (C=O) groups excluding carboxylic acids is 2. The predicted molar refractivity (Wildman–Crippen MR) is 92.9 cm³/mol. The van der Waals surface area contributed by atoms with Crippen LogP contribution in [0.25, 0.3) is 0 Å². The van der Waals surface area contributed by atoms with Crippen LogP contribution in [0.1, 0.15) is 15.9 Å². The van der Waals surface area contributed by atoms with E-state index in [-0.39, 0.29) is 30.2 Å². The van der Waals surface area contributed by atoms with Crippen molar-refractivity contribution in [3.63, 3.8) is 0 Å². The first-order chi connectivity index (χ1) is 12.6. The van der Waals surface area contributed by atoms with Gasteiger partial charge in [0.05, 0.1) is 11.5 Å². The smallest absolute Gasteiger partial charge is 0.283 e. The summed E-state index contributed by atoms with van der Waals surface area (Å²) in [5.41, 5.74) is 0.279. The van der Waals surface area contributed by atoms with Crippen molar-refractivity contribution in [2.24, 2.45) is 0 Å². The molecule has 0 atom stereocenters. The number of nitrogens with zero attached hydrogens (tertiary/aromatic N) is 2. The molecule has 2 aromatic rings. The molecule has 0 fully saturated rings. The van der Waals surface area contributed by atoms with Gasteiger partial charge in [0, 0.05) is 19.2 Å². The summed E-state index contributed by atoms with van der Waals surface area (Å²) in [4.78, 5) is 35.2. The fraction of sp³-hybridized carbons (Fsp3) is 0.222. The van der Waals surface area contributed by atoms with Crippen molar-refractivity contribution in [1.29, 1.82) is 0 Å². The second-order valence-corrected chi connectivity index (χ2v) is 5.38. The average molecular weight is 358 g/mol. The maximum atomic E-state index is 12.4. The summed E-state index contributed by atoms with van der Waals surface area (Å²) in [6.07, 6.45) is 0.327. The van der Waals surface area contributed by atoms with Gasteiger partial charge in [-0.3, -0.25) is 19.7 Å². The van der Waals surface area contributed by atoms with Gasteiger partial charge in [0.1, 0.15) is 11.3 Å². The summed E-state index contributed by atoms with van der Waals surface area (Å²) >= 11 is 0. The van der Waals surface area contributed by atoms with E-state index >= 15 is 0 Å². The Morgan fingerprint density at radius 1 is 1.19 bits per heavy atom. The van der Waals surface area contributed by atoms with Gasteiger partial charge in [-0.05, 0) is 11.6 Å². The number of nitro benzene ring substituents is 1.